The smallest absolute Gasteiger partial charge is 0.449 e. The van der Waals surface area contributed by atoms with Crippen molar-refractivity contribution in [1.82, 2.24) is 0 Å². The third kappa shape index (κ3) is 22.2. The van der Waals surface area contributed by atoms with Crippen LogP contribution in [0.1, 0.15) is 214 Å². The minimum atomic E-state index is -1.34. The highest BCUT2D eigenvalue weighted by molar-refractivity contribution is 5.81. The number of carbonyl (C=O) groups excluding carboxylic acids is 1. The van der Waals surface area contributed by atoms with Crippen LogP contribution in [-0.2, 0) is 18.3 Å². The Kier molecular flexibility index (Phi) is 29.6. The van der Waals surface area contributed by atoms with Crippen LogP contribution in [0.4, 0.5) is 9.59 Å². The molecule has 0 saturated heterocycles. The van der Waals surface area contributed by atoms with Crippen molar-refractivity contribution in [1.29, 1.82) is 0 Å². The minimum Gasteiger partial charge on any atom is -0.449 e. The van der Waals surface area contributed by atoms with E-state index in [4.69, 9.17) is 14.2 Å². The maximum Gasteiger partial charge on any atom is 0.519 e. The molecule has 0 aliphatic heterocycles. The predicted octanol–water partition coefficient (Wildman–Crippen LogP) is 22.3. The first-order chi connectivity index (χ1) is 39.9. The molecule has 7 rings (SSSR count). The van der Waals surface area contributed by atoms with Crippen LogP contribution < -0.4 is 14.2 Å². The Balaban J connectivity index is 0.000000269. The van der Waals surface area contributed by atoms with Crippen molar-refractivity contribution in [3.05, 3.63) is 221 Å². The summed E-state index contributed by atoms with van der Waals surface area (Å²) in [5.41, 5.74) is 7.48. The molecule has 0 aliphatic rings. The minimum absolute atomic E-state index is 0.299. The zero-order valence-electron chi connectivity index (χ0n) is 49.2. The van der Waals surface area contributed by atoms with Crippen LogP contribution in [-0.4, -0.2) is 17.4 Å². The van der Waals surface area contributed by atoms with E-state index in [0.29, 0.717) is 17.2 Å². The molecule has 0 fully saturated rings. The van der Waals surface area contributed by atoms with E-state index < -0.39 is 17.7 Å². The van der Waals surface area contributed by atoms with Gasteiger partial charge in [0.2, 0.25) is 0 Å². The van der Waals surface area contributed by atoms with Crippen LogP contribution in [0.25, 0.3) is 11.1 Å². The summed E-state index contributed by atoms with van der Waals surface area (Å²) in [7, 11) is 0. The highest BCUT2D eigenvalue weighted by atomic mass is 16.7. The highest BCUT2D eigenvalue weighted by Crippen LogP contribution is 2.50. The van der Waals surface area contributed by atoms with Crippen molar-refractivity contribution in [3.8, 4) is 28.4 Å². The summed E-state index contributed by atoms with van der Waals surface area (Å²) in [6.07, 6.45) is 35.5. The first-order valence-electron chi connectivity index (χ1n) is 31.3. The molecule has 7 aromatic rings. The summed E-state index contributed by atoms with van der Waals surface area (Å²) < 4.78 is 16.4. The first-order valence-corrected chi connectivity index (χ1v) is 31.3. The molecule has 0 saturated carbocycles. The lowest BCUT2D eigenvalue weighted by molar-refractivity contribution is 0.144. The standard InChI is InChI=1S/C43H70O3.C32H24O3/c1-3-5-7-9-11-13-15-17-19-21-23-25-27-31-39-33-29-35-41(37-39)45-43(44)46-42-36-30-34-40(38-42)32-28-26-24-22-20-18-16-14-12-10-8-6-4-2;33-31(34)35-29-23-13-22-28(30(29)24-14-5-1-6-15-24)32(25-16-7-2-8-17-25,26-18-9-3-10-19-26)27-20-11-4-12-21-27/h29-30,33-38H,3-28,31-32H2,1-2H3;1-23H,(H,33,34). The second kappa shape index (κ2) is 37.9. The highest BCUT2D eigenvalue weighted by Gasteiger charge is 2.41. The van der Waals surface area contributed by atoms with Gasteiger partial charge in [0.1, 0.15) is 17.2 Å². The van der Waals surface area contributed by atoms with Gasteiger partial charge in [-0.15, -0.1) is 0 Å². The molecule has 0 spiro atoms. The molecule has 6 heteroatoms. The number of aryl methyl sites for hydroxylation is 2. The Morgan fingerprint density at radius 3 is 1.05 bits per heavy atom. The Hall–Kier alpha value is -6.92. The molecule has 81 heavy (non-hydrogen) atoms. The van der Waals surface area contributed by atoms with E-state index >= 15 is 0 Å². The summed E-state index contributed by atoms with van der Waals surface area (Å²) in [6, 6.07) is 62.3. The molecule has 0 heterocycles. The van der Waals surface area contributed by atoms with Crippen LogP contribution in [0.3, 0.4) is 0 Å². The fourth-order valence-electron chi connectivity index (χ4n) is 11.4. The fourth-order valence-corrected chi connectivity index (χ4v) is 11.4. The average Bonchev–Trinajstić information content (AvgIpc) is 2.62. The van der Waals surface area contributed by atoms with E-state index in [2.05, 4.69) is 68.4 Å². The predicted molar refractivity (Wildman–Crippen MR) is 337 cm³/mol. The lowest BCUT2D eigenvalue weighted by Crippen LogP contribution is -2.32. The lowest BCUT2D eigenvalue weighted by Gasteiger charge is -2.38. The number of rotatable bonds is 36. The Morgan fingerprint density at radius 2 is 0.691 bits per heavy atom. The van der Waals surface area contributed by atoms with E-state index in [1.165, 1.54) is 178 Å². The van der Waals surface area contributed by atoms with Gasteiger partial charge in [-0.25, -0.2) is 9.59 Å². The number of unbranched alkanes of at least 4 members (excludes halogenated alkanes) is 24. The molecule has 0 amide bonds. The SMILES string of the molecule is CCCCCCCCCCCCCCCc1cccc(OC(=O)Oc2cccc(CCCCCCCCCCCCCCC)c2)c1.O=C(O)Oc1cccc(C(c2ccccc2)(c2ccccc2)c2ccccc2)c1-c1ccccc1. The van der Waals surface area contributed by atoms with Crippen molar-refractivity contribution in [2.45, 2.75) is 199 Å². The summed E-state index contributed by atoms with van der Waals surface area (Å²) in [6.45, 7) is 4.57. The van der Waals surface area contributed by atoms with Gasteiger partial charge in [-0.05, 0) is 95.0 Å². The van der Waals surface area contributed by atoms with E-state index in [1.807, 2.05) is 127 Å². The number of ether oxygens (including phenoxy) is 3. The molecule has 0 unspecified atom stereocenters. The normalized spacial score (nSPS) is 11.1. The van der Waals surface area contributed by atoms with Gasteiger partial charge < -0.3 is 19.3 Å². The van der Waals surface area contributed by atoms with Gasteiger partial charge in [0, 0.05) is 5.56 Å². The zero-order chi connectivity index (χ0) is 56.8. The number of hydrogen-bond acceptors (Lipinski definition) is 5. The molecular weight excluding hydrogens is 997 g/mol. The van der Waals surface area contributed by atoms with Crippen LogP contribution >= 0.6 is 0 Å². The summed E-state index contributed by atoms with van der Waals surface area (Å²) in [5, 5.41) is 9.56. The summed E-state index contributed by atoms with van der Waals surface area (Å²) >= 11 is 0. The first kappa shape index (κ1) is 63.3. The monoisotopic (exact) mass is 1090 g/mol. The molecule has 1 N–H and O–H groups in total. The Morgan fingerprint density at radius 1 is 0.358 bits per heavy atom. The lowest BCUT2D eigenvalue weighted by atomic mass is 9.63. The van der Waals surface area contributed by atoms with E-state index in [-0.39, 0.29) is 0 Å². The number of carbonyl (C=O) groups is 2. The molecule has 0 atom stereocenters. The third-order valence-corrected chi connectivity index (χ3v) is 15.6. The van der Waals surface area contributed by atoms with Gasteiger partial charge in [-0.3, -0.25) is 0 Å². The fraction of sp³-hybridized carbons (Fsp3) is 0.413. The largest absolute Gasteiger partial charge is 0.519 e. The van der Waals surface area contributed by atoms with Gasteiger partial charge in [-0.1, -0.05) is 326 Å². The quantitative estimate of drug-likeness (QED) is 0.0182. The second-order valence-corrected chi connectivity index (χ2v) is 22.0. The van der Waals surface area contributed by atoms with Gasteiger partial charge in [0.15, 0.2) is 0 Å². The van der Waals surface area contributed by atoms with Crippen LogP contribution in [0, 0.1) is 0 Å². The van der Waals surface area contributed by atoms with Crippen LogP contribution in [0.5, 0.6) is 17.2 Å². The van der Waals surface area contributed by atoms with E-state index in [1.54, 1.807) is 6.07 Å². The van der Waals surface area contributed by atoms with Gasteiger partial charge in [0.25, 0.3) is 0 Å². The number of carboxylic acid groups (broad SMARTS) is 1. The molecule has 0 radical (unpaired) electrons. The number of benzene rings is 7. The van der Waals surface area contributed by atoms with E-state index in [9.17, 15) is 14.7 Å². The Labute approximate surface area is 487 Å². The Bertz CT molecular complexity index is 2600. The topological polar surface area (TPSA) is 82.1 Å². The van der Waals surface area contributed by atoms with Crippen LogP contribution in [0.2, 0.25) is 0 Å². The van der Waals surface area contributed by atoms with Gasteiger partial charge >= 0.3 is 12.3 Å². The summed E-state index contributed by atoms with van der Waals surface area (Å²) in [4.78, 5) is 24.2. The van der Waals surface area contributed by atoms with Crippen LogP contribution in [0.15, 0.2) is 188 Å². The molecule has 0 aliphatic carbocycles. The molecule has 430 valence electrons. The molecule has 0 aromatic heterocycles. The van der Waals surface area contributed by atoms with Crippen molar-refractivity contribution in [2.24, 2.45) is 0 Å². The van der Waals surface area contributed by atoms with Gasteiger partial charge in [0.05, 0.1) is 5.41 Å². The van der Waals surface area contributed by atoms with Crippen molar-refractivity contribution in [2.75, 3.05) is 0 Å². The van der Waals surface area contributed by atoms with Crippen molar-refractivity contribution >= 4 is 12.3 Å². The van der Waals surface area contributed by atoms with E-state index in [0.717, 1.165) is 46.2 Å². The molecule has 7 aromatic carbocycles. The molecular formula is C75H94O6. The average molecular weight is 1090 g/mol. The number of hydrogen-bond donors (Lipinski definition) is 1. The maximum atomic E-state index is 12.5. The molecule has 6 nitrogen and oxygen atoms in total. The van der Waals surface area contributed by atoms with Crippen molar-refractivity contribution in [3.63, 3.8) is 0 Å². The van der Waals surface area contributed by atoms with Gasteiger partial charge in [-0.2, -0.15) is 0 Å². The molecule has 0 bridgehead atoms. The van der Waals surface area contributed by atoms with Crippen molar-refractivity contribution < 1.29 is 28.9 Å². The second-order valence-electron chi connectivity index (χ2n) is 22.0. The maximum absolute atomic E-state index is 12.5. The zero-order valence-corrected chi connectivity index (χ0v) is 49.2. The third-order valence-electron chi connectivity index (χ3n) is 15.6. The summed E-state index contributed by atoms with van der Waals surface area (Å²) in [5.74, 6) is 1.41.